The molecule has 0 saturated heterocycles. The molecule has 4 N–H and O–H groups in total. The lowest BCUT2D eigenvalue weighted by atomic mass is 10.1. The number of aliphatic carboxylic acids is 1. The first-order chi connectivity index (χ1) is 12.5. The van der Waals surface area contributed by atoms with E-state index in [4.69, 9.17) is 9.84 Å². The van der Waals surface area contributed by atoms with Gasteiger partial charge in [0.05, 0.1) is 12.1 Å². The van der Waals surface area contributed by atoms with Crippen LogP contribution in [0.15, 0.2) is 18.2 Å². The number of phenols is 1. The summed E-state index contributed by atoms with van der Waals surface area (Å²) < 4.78 is 5.18. The molecule has 0 saturated carbocycles. The molecule has 150 valence electrons. The molecule has 0 aliphatic carbocycles. The molecular formula is C18H26N2O6S. The van der Waals surface area contributed by atoms with Gasteiger partial charge in [0, 0.05) is 0 Å². The third-order valence-corrected chi connectivity index (χ3v) is 3.94. The second kappa shape index (κ2) is 10.1. The van der Waals surface area contributed by atoms with Gasteiger partial charge in [-0.25, -0.2) is 4.79 Å². The highest BCUT2D eigenvalue weighted by Gasteiger charge is 2.24. The number of ether oxygens (including phenoxy) is 1. The minimum Gasteiger partial charge on any atom is -0.506 e. The summed E-state index contributed by atoms with van der Waals surface area (Å²) in [5.74, 6) is -1.13. The van der Waals surface area contributed by atoms with Crippen molar-refractivity contribution in [2.24, 2.45) is 0 Å². The number of nitrogens with one attached hydrogen (secondary N) is 2. The Labute approximate surface area is 162 Å². The predicted octanol–water partition coefficient (Wildman–Crippen LogP) is 2.60. The number of thioether (sulfide) groups is 1. The zero-order valence-electron chi connectivity index (χ0n) is 15.9. The van der Waals surface area contributed by atoms with Gasteiger partial charge in [0.1, 0.15) is 17.4 Å². The predicted molar refractivity (Wildman–Crippen MR) is 104 cm³/mol. The molecule has 1 unspecified atom stereocenters. The van der Waals surface area contributed by atoms with Crippen molar-refractivity contribution >= 4 is 35.4 Å². The average molecular weight is 398 g/mol. The van der Waals surface area contributed by atoms with Crippen LogP contribution in [0, 0.1) is 0 Å². The molecule has 0 bridgehead atoms. The molecule has 1 aromatic rings. The summed E-state index contributed by atoms with van der Waals surface area (Å²) >= 11 is 1.52. The van der Waals surface area contributed by atoms with Crippen LogP contribution >= 0.6 is 11.8 Å². The number of alkyl carbamates (subject to hydrolysis) is 1. The highest BCUT2D eigenvalue weighted by molar-refractivity contribution is 7.98. The summed E-state index contributed by atoms with van der Waals surface area (Å²) in [5.41, 5.74) is -0.191. The van der Waals surface area contributed by atoms with E-state index in [0.29, 0.717) is 17.7 Å². The van der Waals surface area contributed by atoms with E-state index >= 15 is 0 Å². The van der Waals surface area contributed by atoms with Gasteiger partial charge in [0.15, 0.2) is 0 Å². The Balaban J connectivity index is 2.89. The Morgan fingerprint density at radius 1 is 1.26 bits per heavy atom. The van der Waals surface area contributed by atoms with Gasteiger partial charge in [0.2, 0.25) is 5.91 Å². The van der Waals surface area contributed by atoms with E-state index in [2.05, 4.69) is 10.6 Å². The molecule has 27 heavy (non-hydrogen) atoms. The van der Waals surface area contributed by atoms with Gasteiger partial charge in [-0.2, -0.15) is 11.8 Å². The lowest BCUT2D eigenvalue weighted by Gasteiger charge is -2.23. The summed E-state index contributed by atoms with van der Waals surface area (Å²) in [7, 11) is 0. The minimum absolute atomic E-state index is 0.0823. The first-order valence-electron chi connectivity index (χ1n) is 8.35. The van der Waals surface area contributed by atoms with E-state index in [-0.39, 0.29) is 17.9 Å². The number of anilines is 1. The van der Waals surface area contributed by atoms with Crippen LogP contribution < -0.4 is 10.6 Å². The van der Waals surface area contributed by atoms with Crippen molar-refractivity contribution in [2.45, 2.75) is 45.3 Å². The van der Waals surface area contributed by atoms with Gasteiger partial charge in [0.25, 0.3) is 0 Å². The van der Waals surface area contributed by atoms with E-state index in [0.717, 1.165) is 0 Å². The largest absolute Gasteiger partial charge is 0.506 e. The number of amides is 2. The summed E-state index contributed by atoms with van der Waals surface area (Å²) in [6.45, 7) is 5.15. The molecule has 0 spiro atoms. The Morgan fingerprint density at radius 2 is 1.93 bits per heavy atom. The van der Waals surface area contributed by atoms with Crippen LogP contribution in [0.25, 0.3) is 0 Å². The number of hydrogen-bond donors (Lipinski definition) is 4. The number of benzene rings is 1. The van der Waals surface area contributed by atoms with Crippen molar-refractivity contribution in [1.29, 1.82) is 0 Å². The molecule has 0 aromatic heterocycles. The number of carboxylic acid groups (broad SMARTS) is 1. The van der Waals surface area contributed by atoms with Crippen LogP contribution in [0.1, 0.15) is 32.8 Å². The first-order valence-corrected chi connectivity index (χ1v) is 9.74. The Hall–Kier alpha value is -2.42. The Kier molecular flexibility index (Phi) is 8.42. The van der Waals surface area contributed by atoms with Gasteiger partial charge in [-0.05, 0) is 56.9 Å². The van der Waals surface area contributed by atoms with Crippen molar-refractivity contribution in [2.75, 3.05) is 17.3 Å². The number of carbonyl (C=O) groups is 3. The van der Waals surface area contributed by atoms with E-state index in [9.17, 15) is 19.5 Å². The van der Waals surface area contributed by atoms with Gasteiger partial charge in [-0.1, -0.05) is 6.07 Å². The smallest absolute Gasteiger partial charge is 0.408 e. The standard InChI is InChI=1S/C18H26N2O6S/c1-18(2,3)26-17(25)20-12(7-8-27-4)16(24)19-13-9-11(10-15(22)23)5-6-14(13)21/h5-6,9,12,21H,7-8,10H2,1-4H3,(H,19,24)(H,20,25)(H,22,23). The lowest BCUT2D eigenvalue weighted by molar-refractivity contribution is -0.136. The van der Waals surface area contributed by atoms with Gasteiger partial charge < -0.3 is 25.6 Å². The van der Waals surface area contributed by atoms with Crippen LogP contribution in [0.2, 0.25) is 0 Å². The molecule has 0 aliphatic heterocycles. The fourth-order valence-corrected chi connectivity index (χ4v) is 2.61. The Bertz CT molecular complexity index is 687. The van der Waals surface area contributed by atoms with Crippen molar-refractivity contribution in [3.8, 4) is 5.75 Å². The number of aromatic hydroxyl groups is 1. The van der Waals surface area contributed by atoms with Crippen LogP contribution in [0.3, 0.4) is 0 Å². The summed E-state index contributed by atoms with van der Waals surface area (Å²) in [4.78, 5) is 35.4. The Morgan fingerprint density at radius 3 is 2.48 bits per heavy atom. The normalized spacial score (nSPS) is 12.1. The summed E-state index contributed by atoms with van der Waals surface area (Å²) in [6, 6.07) is 3.30. The number of phenolic OH excluding ortho intramolecular Hbond substituents is 1. The van der Waals surface area contributed by atoms with Crippen LogP contribution in [0.4, 0.5) is 10.5 Å². The number of rotatable bonds is 8. The fourth-order valence-electron chi connectivity index (χ4n) is 2.14. The molecule has 0 aliphatic rings. The molecular weight excluding hydrogens is 372 g/mol. The van der Waals surface area contributed by atoms with Gasteiger partial charge in [-0.3, -0.25) is 9.59 Å². The number of carbonyl (C=O) groups excluding carboxylic acids is 2. The molecule has 0 fully saturated rings. The monoisotopic (exact) mass is 398 g/mol. The topological polar surface area (TPSA) is 125 Å². The highest BCUT2D eigenvalue weighted by atomic mass is 32.2. The molecule has 8 nitrogen and oxygen atoms in total. The van der Waals surface area contributed by atoms with E-state index < -0.39 is 29.6 Å². The van der Waals surface area contributed by atoms with E-state index in [1.54, 1.807) is 20.8 Å². The maximum Gasteiger partial charge on any atom is 0.408 e. The highest BCUT2D eigenvalue weighted by Crippen LogP contribution is 2.25. The molecule has 1 aromatic carbocycles. The molecule has 1 atom stereocenters. The third-order valence-electron chi connectivity index (χ3n) is 3.29. The van der Waals surface area contributed by atoms with Gasteiger partial charge in [-0.15, -0.1) is 0 Å². The second-order valence-electron chi connectivity index (χ2n) is 6.89. The number of carboxylic acids is 1. The summed E-state index contributed by atoms with van der Waals surface area (Å²) in [5, 5.41) is 23.9. The van der Waals surface area contributed by atoms with Crippen LogP contribution in [-0.4, -0.2) is 51.8 Å². The maximum absolute atomic E-state index is 12.6. The van der Waals surface area contributed by atoms with Crippen molar-refractivity contribution < 1.29 is 29.3 Å². The lowest BCUT2D eigenvalue weighted by Crippen LogP contribution is -2.46. The van der Waals surface area contributed by atoms with Crippen molar-refractivity contribution in [3.63, 3.8) is 0 Å². The summed E-state index contributed by atoms with van der Waals surface area (Å²) in [6.07, 6.45) is 1.29. The van der Waals surface area contributed by atoms with Crippen LogP contribution in [-0.2, 0) is 20.7 Å². The zero-order chi connectivity index (χ0) is 20.6. The van der Waals surface area contributed by atoms with Crippen molar-refractivity contribution in [3.05, 3.63) is 23.8 Å². The minimum atomic E-state index is -1.03. The first kappa shape index (κ1) is 22.6. The van der Waals surface area contributed by atoms with E-state index in [1.807, 2.05) is 6.26 Å². The second-order valence-corrected chi connectivity index (χ2v) is 7.88. The average Bonchev–Trinajstić information content (AvgIpc) is 2.52. The van der Waals surface area contributed by atoms with Crippen molar-refractivity contribution in [1.82, 2.24) is 5.32 Å². The third kappa shape index (κ3) is 8.67. The molecule has 1 rings (SSSR count). The van der Waals surface area contributed by atoms with E-state index in [1.165, 1.54) is 30.0 Å². The molecule has 0 heterocycles. The molecule has 0 radical (unpaired) electrons. The molecule has 2 amide bonds. The van der Waals surface area contributed by atoms with Crippen LogP contribution in [0.5, 0.6) is 5.75 Å². The van der Waals surface area contributed by atoms with Gasteiger partial charge >= 0.3 is 12.1 Å². The fraction of sp³-hybridized carbons (Fsp3) is 0.500. The number of hydrogen-bond acceptors (Lipinski definition) is 6. The SMILES string of the molecule is CSCCC(NC(=O)OC(C)(C)C)C(=O)Nc1cc(CC(=O)O)ccc1O. The maximum atomic E-state index is 12.6. The molecule has 9 heteroatoms. The zero-order valence-corrected chi connectivity index (χ0v) is 16.7. The quantitative estimate of drug-likeness (QED) is 0.496.